The van der Waals surface area contributed by atoms with Crippen LogP contribution in [0.5, 0.6) is 0 Å². The predicted molar refractivity (Wildman–Crippen MR) is 66.7 cm³/mol. The van der Waals surface area contributed by atoms with Gasteiger partial charge < -0.3 is 9.84 Å². The Morgan fingerprint density at radius 3 is 3.00 bits per heavy atom. The van der Waals surface area contributed by atoms with Gasteiger partial charge in [-0.25, -0.2) is 9.67 Å². The molecule has 0 spiro atoms. The average Bonchev–Trinajstić information content (AvgIpc) is 2.96. The van der Waals surface area contributed by atoms with E-state index in [2.05, 4.69) is 20.5 Å². The minimum absolute atomic E-state index is 0.0997. The first-order chi connectivity index (χ1) is 9.10. The summed E-state index contributed by atoms with van der Waals surface area (Å²) >= 11 is 1.48. The van der Waals surface area contributed by atoms with Gasteiger partial charge in [-0.2, -0.15) is 0 Å². The molecule has 0 aliphatic carbocycles. The molecule has 8 nitrogen and oxygen atoms in total. The van der Waals surface area contributed by atoms with Crippen LogP contribution in [0.2, 0.25) is 0 Å². The largest absolute Gasteiger partial charge is 0.481 e. The number of aryl methyl sites for hydroxylation is 1. The monoisotopic (exact) mass is 283 g/mol. The number of tetrazole rings is 1. The molecule has 2 rings (SSSR count). The molecule has 0 aromatic carbocycles. The fraction of sp³-hybridized carbons (Fsp3) is 0.500. The maximum absolute atomic E-state index is 10.7. The molecule has 2 aromatic rings. The van der Waals surface area contributed by atoms with Crippen LogP contribution >= 0.6 is 11.3 Å². The van der Waals surface area contributed by atoms with Gasteiger partial charge >= 0.3 is 5.97 Å². The van der Waals surface area contributed by atoms with Crippen LogP contribution < -0.4 is 0 Å². The van der Waals surface area contributed by atoms with Gasteiger partial charge in [-0.1, -0.05) is 0 Å². The van der Waals surface area contributed by atoms with Crippen molar-refractivity contribution in [3.63, 3.8) is 0 Å². The molecule has 102 valence electrons. The molecule has 0 aliphatic heterocycles. The molecule has 1 N–H and O–H groups in total. The average molecular weight is 283 g/mol. The first-order valence-electron chi connectivity index (χ1n) is 5.53. The van der Waals surface area contributed by atoms with E-state index in [-0.39, 0.29) is 13.0 Å². The fourth-order valence-corrected chi connectivity index (χ4v) is 2.35. The van der Waals surface area contributed by atoms with Crippen LogP contribution in [0.4, 0.5) is 0 Å². The molecule has 0 fully saturated rings. The molecule has 0 saturated heterocycles. The molecule has 2 aromatic heterocycles. The number of hydrogen-bond donors (Lipinski definition) is 1. The smallest absolute Gasteiger partial charge is 0.306 e. The normalized spacial score (nSPS) is 12.5. The molecule has 1 atom stereocenters. The second-order valence-electron chi connectivity index (χ2n) is 3.88. The number of hydrogen-bond acceptors (Lipinski definition) is 7. The van der Waals surface area contributed by atoms with Crippen molar-refractivity contribution in [2.24, 2.45) is 0 Å². The zero-order valence-corrected chi connectivity index (χ0v) is 11.3. The van der Waals surface area contributed by atoms with Gasteiger partial charge in [-0.3, -0.25) is 4.79 Å². The van der Waals surface area contributed by atoms with Crippen molar-refractivity contribution >= 4 is 17.3 Å². The highest BCUT2D eigenvalue weighted by Gasteiger charge is 2.18. The highest BCUT2D eigenvalue weighted by atomic mass is 32.1. The van der Waals surface area contributed by atoms with E-state index >= 15 is 0 Å². The predicted octanol–water partition coefficient (Wildman–Crippen LogP) is 0.595. The molecule has 19 heavy (non-hydrogen) atoms. The van der Waals surface area contributed by atoms with Crippen LogP contribution in [0.15, 0.2) is 6.20 Å². The number of ether oxygens (including phenoxy) is 1. The summed E-state index contributed by atoms with van der Waals surface area (Å²) < 4.78 is 6.65. The summed E-state index contributed by atoms with van der Waals surface area (Å²) in [5, 5.41) is 21.1. The number of carbonyl (C=O) groups is 1. The van der Waals surface area contributed by atoms with Gasteiger partial charge in [0.2, 0.25) is 0 Å². The van der Waals surface area contributed by atoms with Gasteiger partial charge in [-0.15, -0.1) is 16.4 Å². The minimum Gasteiger partial charge on any atom is -0.481 e. The summed E-state index contributed by atoms with van der Waals surface area (Å²) in [6.07, 6.45) is 1.12. The first kappa shape index (κ1) is 13.6. The van der Waals surface area contributed by atoms with E-state index in [1.54, 1.807) is 6.20 Å². The van der Waals surface area contributed by atoms with Gasteiger partial charge in [0.15, 0.2) is 5.82 Å². The Bertz CT molecular complexity index is 567. The maximum atomic E-state index is 10.7. The Hall–Kier alpha value is -1.87. The van der Waals surface area contributed by atoms with Crippen molar-refractivity contribution in [3.05, 3.63) is 11.2 Å². The highest BCUT2D eigenvalue weighted by Crippen LogP contribution is 2.23. The summed E-state index contributed by atoms with van der Waals surface area (Å²) in [5.41, 5.74) is 0. The zero-order chi connectivity index (χ0) is 13.8. The van der Waals surface area contributed by atoms with Crippen molar-refractivity contribution in [2.75, 3.05) is 7.11 Å². The van der Waals surface area contributed by atoms with Gasteiger partial charge in [0.05, 0.1) is 29.0 Å². The van der Waals surface area contributed by atoms with E-state index in [4.69, 9.17) is 9.84 Å². The lowest BCUT2D eigenvalue weighted by Gasteiger charge is -2.12. The molecular formula is C10H13N5O3S. The first-order valence-corrected chi connectivity index (χ1v) is 6.35. The van der Waals surface area contributed by atoms with Gasteiger partial charge in [0, 0.05) is 13.3 Å². The second-order valence-corrected chi connectivity index (χ2v) is 5.12. The van der Waals surface area contributed by atoms with E-state index in [1.165, 1.54) is 23.1 Å². The van der Waals surface area contributed by atoms with Crippen molar-refractivity contribution in [3.8, 4) is 10.7 Å². The number of methoxy groups -OCH3 is 1. The van der Waals surface area contributed by atoms with Crippen LogP contribution in [0.3, 0.4) is 0 Å². The summed E-state index contributed by atoms with van der Waals surface area (Å²) in [4.78, 5) is 15.7. The van der Waals surface area contributed by atoms with Crippen LogP contribution in [0.1, 0.15) is 11.4 Å². The molecule has 0 bridgehead atoms. The van der Waals surface area contributed by atoms with E-state index in [0.717, 1.165) is 9.88 Å². The Morgan fingerprint density at radius 2 is 2.42 bits per heavy atom. The van der Waals surface area contributed by atoms with E-state index in [0.29, 0.717) is 5.82 Å². The molecule has 0 amide bonds. The third-order valence-electron chi connectivity index (χ3n) is 2.49. The number of aromatic nitrogens is 5. The van der Waals surface area contributed by atoms with Crippen LogP contribution in [0, 0.1) is 6.92 Å². The SMILES string of the molecule is COC(CC(=O)O)Cn1nnnc1-c1cnc(C)s1. The number of carboxylic acids is 1. The van der Waals surface area contributed by atoms with Gasteiger partial charge in [0.25, 0.3) is 0 Å². The molecule has 9 heteroatoms. The number of rotatable bonds is 6. The number of aliphatic carboxylic acids is 1. The van der Waals surface area contributed by atoms with Crippen molar-refractivity contribution in [1.29, 1.82) is 0 Å². The second kappa shape index (κ2) is 5.85. The maximum Gasteiger partial charge on any atom is 0.306 e. The third kappa shape index (κ3) is 3.32. The Balaban J connectivity index is 2.17. The van der Waals surface area contributed by atoms with Crippen LogP contribution in [-0.4, -0.2) is 49.5 Å². The lowest BCUT2D eigenvalue weighted by atomic mass is 10.2. The minimum atomic E-state index is -0.921. The van der Waals surface area contributed by atoms with Crippen LogP contribution in [0.25, 0.3) is 10.7 Å². The Morgan fingerprint density at radius 1 is 1.63 bits per heavy atom. The standard InChI is InChI=1S/C10H13N5O3S/c1-6-11-4-8(19-6)10-12-13-14-15(10)5-7(18-2)3-9(16)17/h4,7H,3,5H2,1-2H3,(H,16,17). The highest BCUT2D eigenvalue weighted by molar-refractivity contribution is 7.14. The van der Waals surface area contributed by atoms with Crippen molar-refractivity contribution in [1.82, 2.24) is 25.2 Å². The van der Waals surface area contributed by atoms with Crippen molar-refractivity contribution in [2.45, 2.75) is 26.0 Å². The Labute approximate surface area is 113 Å². The molecule has 0 saturated carbocycles. The summed E-state index contributed by atoms with van der Waals surface area (Å²) in [6.45, 7) is 2.17. The van der Waals surface area contributed by atoms with Gasteiger partial charge in [0.1, 0.15) is 0 Å². The summed E-state index contributed by atoms with van der Waals surface area (Å²) in [6, 6.07) is 0. The summed E-state index contributed by atoms with van der Waals surface area (Å²) in [5.74, 6) is -0.354. The Kier molecular flexibility index (Phi) is 4.17. The fourth-order valence-electron chi connectivity index (χ4n) is 1.58. The lowest BCUT2D eigenvalue weighted by molar-refractivity contribution is -0.139. The lowest BCUT2D eigenvalue weighted by Crippen LogP contribution is -2.23. The molecule has 1 unspecified atom stereocenters. The number of nitrogens with zero attached hydrogens (tertiary/aromatic N) is 5. The van der Waals surface area contributed by atoms with Crippen molar-refractivity contribution < 1.29 is 14.6 Å². The summed E-state index contributed by atoms with van der Waals surface area (Å²) in [7, 11) is 1.47. The van der Waals surface area contributed by atoms with E-state index in [1.807, 2.05) is 6.92 Å². The van der Waals surface area contributed by atoms with Gasteiger partial charge in [-0.05, 0) is 17.4 Å². The number of thiazole rings is 1. The third-order valence-corrected chi connectivity index (χ3v) is 3.39. The van der Waals surface area contributed by atoms with E-state index in [9.17, 15) is 4.79 Å². The molecule has 2 heterocycles. The number of carboxylic acid groups (broad SMARTS) is 1. The molecule has 0 radical (unpaired) electrons. The molecule has 0 aliphatic rings. The quantitative estimate of drug-likeness (QED) is 0.827. The molecular weight excluding hydrogens is 270 g/mol. The van der Waals surface area contributed by atoms with E-state index < -0.39 is 12.1 Å². The van der Waals surface area contributed by atoms with Crippen LogP contribution in [-0.2, 0) is 16.1 Å². The topological polar surface area (TPSA) is 103 Å². The zero-order valence-electron chi connectivity index (χ0n) is 10.5.